The van der Waals surface area contributed by atoms with Crippen LogP contribution < -0.4 is 15.8 Å². The molecule has 0 radical (unpaired) electrons. The Labute approximate surface area is 100 Å². The van der Waals surface area contributed by atoms with Crippen molar-refractivity contribution in [2.24, 2.45) is 11.7 Å². The molecule has 0 aromatic carbocycles. The van der Waals surface area contributed by atoms with Crippen LogP contribution in [0.2, 0.25) is 5.02 Å². The second-order valence-electron chi connectivity index (χ2n) is 3.84. The van der Waals surface area contributed by atoms with Crippen molar-refractivity contribution < 1.29 is 4.74 Å². The van der Waals surface area contributed by atoms with Crippen LogP contribution in [0.5, 0.6) is 6.01 Å². The van der Waals surface area contributed by atoms with Gasteiger partial charge in [-0.15, -0.1) is 0 Å². The second kappa shape index (κ2) is 5.86. The largest absolute Gasteiger partial charge is 0.467 e. The van der Waals surface area contributed by atoms with Crippen molar-refractivity contribution in [2.45, 2.75) is 19.9 Å². The van der Waals surface area contributed by atoms with Gasteiger partial charge in [-0.05, 0) is 5.92 Å². The summed E-state index contributed by atoms with van der Waals surface area (Å²) in [6.45, 7) is 4.74. The predicted molar refractivity (Wildman–Crippen MR) is 64.9 cm³/mol. The van der Waals surface area contributed by atoms with E-state index in [1.54, 1.807) is 0 Å². The van der Waals surface area contributed by atoms with Crippen molar-refractivity contribution in [3.63, 3.8) is 0 Å². The zero-order valence-corrected chi connectivity index (χ0v) is 10.5. The van der Waals surface area contributed by atoms with Gasteiger partial charge in [0.05, 0.1) is 13.3 Å². The molecule has 0 saturated carbocycles. The van der Waals surface area contributed by atoms with Gasteiger partial charge in [0.25, 0.3) is 0 Å². The van der Waals surface area contributed by atoms with E-state index < -0.39 is 0 Å². The summed E-state index contributed by atoms with van der Waals surface area (Å²) in [7, 11) is 1.51. The van der Waals surface area contributed by atoms with Crippen LogP contribution in [0, 0.1) is 5.92 Å². The highest BCUT2D eigenvalue weighted by molar-refractivity contribution is 6.32. The van der Waals surface area contributed by atoms with Crippen molar-refractivity contribution in [3.8, 4) is 6.01 Å². The van der Waals surface area contributed by atoms with Crippen LogP contribution in [0.15, 0.2) is 6.20 Å². The van der Waals surface area contributed by atoms with Crippen molar-refractivity contribution in [1.29, 1.82) is 0 Å². The lowest BCUT2D eigenvalue weighted by molar-refractivity contribution is 0.380. The highest BCUT2D eigenvalue weighted by atomic mass is 35.5. The molecule has 90 valence electrons. The molecule has 0 fully saturated rings. The fourth-order valence-electron chi connectivity index (χ4n) is 1.02. The Kier molecular flexibility index (Phi) is 4.76. The van der Waals surface area contributed by atoms with Crippen LogP contribution in [0.4, 0.5) is 5.82 Å². The van der Waals surface area contributed by atoms with Gasteiger partial charge in [0.2, 0.25) is 0 Å². The SMILES string of the molecule is COc1ncc(Cl)c(NCC(N)C(C)C)n1. The molecular weight excluding hydrogens is 228 g/mol. The van der Waals surface area contributed by atoms with E-state index in [9.17, 15) is 0 Å². The maximum Gasteiger partial charge on any atom is 0.318 e. The molecule has 16 heavy (non-hydrogen) atoms. The number of rotatable bonds is 5. The van der Waals surface area contributed by atoms with Crippen LogP contribution in [0.25, 0.3) is 0 Å². The van der Waals surface area contributed by atoms with E-state index in [1.807, 2.05) is 0 Å². The molecule has 0 aliphatic rings. The number of hydrogen-bond acceptors (Lipinski definition) is 5. The van der Waals surface area contributed by atoms with Gasteiger partial charge in [-0.3, -0.25) is 0 Å². The molecule has 1 atom stereocenters. The van der Waals surface area contributed by atoms with Gasteiger partial charge in [0.15, 0.2) is 5.82 Å². The van der Waals surface area contributed by atoms with Crippen molar-refractivity contribution in [2.75, 3.05) is 19.0 Å². The first-order valence-electron chi connectivity index (χ1n) is 5.10. The summed E-state index contributed by atoms with van der Waals surface area (Å²) in [5.41, 5.74) is 5.90. The molecule has 0 aliphatic heterocycles. The van der Waals surface area contributed by atoms with Gasteiger partial charge >= 0.3 is 6.01 Å². The summed E-state index contributed by atoms with van der Waals surface area (Å²) in [5.74, 6) is 0.944. The lowest BCUT2D eigenvalue weighted by Gasteiger charge is -2.17. The Hall–Kier alpha value is -1.07. The quantitative estimate of drug-likeness (QED) is 0.822. The average molecular weight is 245 g/mol. The van der Waals surface area contributed by atoms with Gasteiger partial charge in [-0.25, -0.2) is 4.98 Å². The third kappa shape index (κ3) is 3.50. The van der Waals surface area contributed by atoms with Crippen molar-refractivity contribution in [3.05, 3.63) is 11.2 Å². The fraction of sp³-hybridized carbons (Fsp3) is 0.600. The van der Waals surface area contributed by atoms with E-state index in [2.05, 4.69) is 29.1 Å². The van der Waals surface area contributed by atoms with Crippen molar-refractivity contribution in [1.82, 2.24) is 9.97 Å². The zero-order chi connectivity index (χ0) is 12.1. The highest BCUT2D eigenvalue weighted by Crippen LogP contribution is 2.20. The second-order valence-corrected chi connectivity index (χ2v) is 4.25. The van der Waals surface area contributed by atoms with E-state index in [0.29, 0.717) is 23.3 Å². The lowest BCUT2D eigenvalue weighted by atomic mass is 10.1. The molecule has 1 rings (SSSR count). The molecule has 1 aromatic rings. The summed E-state index contributed by atoms with van der Waals surface area (Å²) >= 11 is 5.93. The number of aromatic nitrogens is 2. The Morgan fingerprint density at radius 2 is 2.25 bits per heavy atom. The molecule has 1 unspecified atom stereocenters. The summed E-state index contributed by atoms with van der Waals surface area (Å²) < 4.78 is 4.91. The summed E-state index contributed by atoms with van der Waals surface area (Å²) in [6, 6.07) is 0.335. The molecule has 6 heteroatoms. The Balaban J connectivity index is 2.65. The summed E-state index contributed by atoms with van der Waals surface area (Å²) in [5, 5.41) is 3.54. The minimum absolute atomic E-state index is 0.0528. The van der Waals surface area contributed by atoms with Crippen LogP contribution >= 0.6 is 11.6 Å². The number of hydrogen-bond donors (Lipinski definition) is 2. The molecule has 1 heterocycles. The van der Waals surface area contributed by atoms with E-state index in [0.717, 1.165) is 0 Å². The first kappa shape index (κ1) is 13.0. The van der Waals surface area contributed by atoms with Gasteiger partial charge in [0.1, 0.15) is 5.02 Å². The normalized spacial score (nSPS) is 12.6. The molecule has 0 bridgehead atoms. The van der Waals surface area contributed by atoms with E-state index >= 15 is 0 Å². The molecular formula is C10H17ClN4O. The molecule has 1 aromatic heterocycles. The summed E-state index contributed by atoms with van der Waals surface area (Å²) in [6.07, 6.45) is 1.50. The molecule has 0 saturated heterocycles. The maximum atomic E-state index is 5.93. The highest BCUT2D eigenvalue weighted by Gasteiger charge is 2.10. The van der Waals surface area contributed by atoms with E-state index in [4.69, 9.17) is 22.1 Å². The molecule has 3 N–H and O–H groups in total. The molecule has 0 spiro atoms. The number of ether oxygens (including phenoxy) is 1. The fourth-order valence-corrected chi connectivity index (χ4v) is 1.18. The Morgan fingerprint density at radius 1 is 1.56 bits per heavy atom. The number of halogens is 1. The van der Waals surface area contributed by atoms with Gasteiger partial charge in [-0.1, -0.05) is 25.4 Å². The van der Waals surface area contributed by atoms with Crippen LogP contribution in [-0.4, -0.2) is 29.7 Å². The minimum atomic E-state index is 0.0528. The standard InChI is InChI=1S/C10H17ClN4O/c1-6(2)8(12)5-13-9-7(11)4-14-10(15-9)16-3/h4,6,8H,5,12H2,1-3H3,(H,13,14,15). The number of nitrogens with one attached hydrogen (secondary N) is 1. The molecule has 0 aliphatic carbocycles. The molecule has 0 amide bonds. The predicted octanol–water partition coefficient (Wildman–Crippen LogP) is 1.53. The van der Waals surface area contributed by atoms with E-state index in [1.165, 1.54) is 13.3 Å². The topological polar surface area (TPSA) is 73.1 Å². The maximum absolute atomic E-state index is 5.93. The summed E-state index contributed by atoms with van der Waals surface area (Å²) in [4.78, 5) is 7.97. The van der Waals surface area contributed by atoms with Crippen LogP contribution in [0.3, 0.4) is 0 Å². The first-order valence-corrected chi connectivity index (χ1v) is 5.48. The van der Waals surface area contributed by atoms with Gasteiger partial charge < -0.3 is 15.8 Å². The van der Waals surface area contributed by atoms with Crippen molar-refractivity contribution >= 4 is 17.4 Å². The third-order valence-electron chi connectivity index (χ3n) is 2.27. The molecule has 5 nitrogen and oxygen atoms in total. The number of anilines is 1. The number of nitrogens with zero attached hydrogens (tertiary/aromatic N) is 2. The van der Waals surface area contributed by atoms with E-state index in [-0.39, 0.29) is 12.1 Å². The Morgan fingerprint density at radius 3 is 2.81 bits per heavy atom. The monoisotopic (exact) mass is 244 g/mol. The van der Waals surface area contributed by atoms with Crippen LogP contribution in [-0.2, 0) is 0 Å². The van der Waals surface area contributed by atoms with Crippen LogP contribution in [0.1, 0.15) is 13.8 Å². The first-order chi connectivity index (χ1) is 7.54. The smallest absolute Gasteiger partial charge is 0.318 e. The minimum Gasteiger partial charge on any atom is -0.467 e. The Bertz CT molecular complexity index is 346. The zero-order valence-electron chi connectivity index (χ0n) is 9.70. The third-order valence-corrected chi connectivity index (χ3v) is 2.54. The number of nitrogens with two attached hydrogens (primary N) is 1. The van der Waals surface area contributed by atoms with Gasteiger partial charge in [-0.2, -0.15) is 4.98 Å². The van der Waals surface area contributed by atoms with Gasteiger partial charge in [0, 0.05) is 12.6 Å². The average Bonchev–Trinajstić information content (AvgIpc) is 2.27. The lowest BCUT2D eigenvalue weighted by Crippen LogP contribution is -2.34. The number of methoxy groups -OCH3 is 1.